The highest BCUT2D eigenvalue weighted by Crippen LogP contribution is 2.58. The van der Waals surface area contributed by atoms with Crippen molar-refractivity contribution in [3.8, 4) is 45.5 Å². The number of para-hydroxylation sites is 1. The highest BCUT2D eigenvalue weighted by atomic mass is 16.6. The summed E-state index contributed by atoms with van der Waals surface area (Å²) in [5, 5.41) is 31.5. The summed E-state index contributed by atoms with van der Waals surface area (Å²) in [6, 6.07) is 26.4. The molecule has 13 rings (SSSR count). The number of ether oxygens (including phenoxy) is 5. The van der Waals surface area contributed by atoms with Gasteiger partial charge < -0.3 is 64.8 Å². The number of Topliss-reactive ketones (excluding diaryl/α,β-unsaturated/α-hetero) is 1. The number of methoxy groups -OCH3 is 2. The van der Waals surface area contributed by atoms with Gasteiger partial charge in [0.25, 0.3) is 11.8 Å². The van der Waals surface area contributed by atoms with Crippen LogP contribution in [0.4, 0.5) is 16.2 Å². The van der Waals surface area contributed by atoms with Crippen molar-refractivity contribution in [2.24, 2.45) is 16.7 Å². The van der Waals surface area contributed by atoms with Crippen LogP contribution in [0.1, 0.15) is 161 Å². The number of anilines is 2. The number of ketones is 1. The maximum Gasteiger partial charge on any atom is 0.416 e. The smallest absolute Gasteiger partial charge is 0.416 e. The van der Waals surface area contributed by atoms with E-state index in [4.69, 9.17) is 23.7 Å². The molecule has 2 spiro atoms. The average Bonchev–Trinajstić information content (AvgIpc) is 1.59. The van der Waals surface area contributed by atoms with Crippen molar-refractivity contribution in [1.29, 1.82) is 0 Å². The van der Waals surface area contributed by atoms with Gasteiger partial charge in [-0.3, -0.25) is 38.4 Å². The molecule has 6 aromatic rings. The molecule has 1 unspecified atom stereocenters. The van der Waals surface area contributed by atoms with Gasteiger partial charge in [0.05, 0.1) is 81.8 Å². The van der Waals surface area contributed by atoms with Gasteiger partial charge in [0.2, 0.25) is 29.5 Å². The van der Waals surface area contributed by atoms with E-state index < -0.39 is 73.1 Å². The molecule has 0 radical (unpaired) electrons. The van der Waals surface area contributed by atoms with E-state index in [1.807, 2.05) is 79.2 Å². The number of aliphatic hydroxyl groups is 1. The second-order valence-electron chi connectivity index (χ2n) is 29.8. The molecule has 7 aliphatic rings. The van der Waals surface area contributed by atoms with Gasteiger partial charge in [-0.1, -0.05) is 85.8 Å². The number of aliphatic hydroxyl groups excluding tert-OH is 1. The van der Waals surface area contributed by atoms with Gasteiger partial charge >= 0.3 is 6.09 Å². The summed E-state index contributed by atoms with van der Waals surface area (Å²) >= 11 is 0. The molecular formula is C79H93N11O15. The molecular weight excluding hydrogens is 1340 g/mol. The number of hydrogen-bond donors (Lipinski definition) is 5. The lowest BCUT2D eigenvalue weighted by atomic mass is 9.95. The number of fused-ring (bicyclic) bond motifs is 9. The normalized spacial score (nSPS) is 18.9. The number of hydrogen-bond acceptors (Lipinski definition) is 17. The van der Waals surface area contributed by atoms with Gasteiger partial charge in [0.15, 0.2) is 35.0 Å². The van der Waals surface area contributed by atoms with E-state index in [1.165, 1.54) is 26.9 Å². The van der Waals surface area contributed by atoms with E-state index in [1.54, 1.807) is 67.2 Å². The molecule has 0 bridgehead atoms. The number of carbonyl (C=O) groups excluding carboxylic acids is 9. The predicted octanol–water partition coefficient (Wildman–Crippen LogP) is 8.57. The Labute approximate surface area is 610 Å². The van der Waals surface area contributed by atoms with E-state index >= 15 is 0 Å². The van der Waals surface area contributed by atoms with Crippen molar-refractivity contribution in [2.45, 2.75) is 174 Å². The molecule has 2 aliphatic carbocycles. The van der Waals surface area contributed by atoms with Gasteiger partial charge in [-0.25, -0.2) is 14.4 Å². The first-order valence-corrected chi connectivity index (χ1v) is 36.7. The number of amides is 8. The van der Waals surface area contributed by atoms with Crippen LogP contribution in [0.25, 0.3) is 22.5 Å². The van der Waals surface area contributed by atoms with Crippen LogP contribution in [0.3, 0.4) is 0 Å². The minimum absolute atomic E-state index is 0.0239. The van der Waals surface area contributed by atoms with Crippen molar-refractivity contribution in [2.75, 3.05) is 63.4 Å². The number of carbonyl (C=O) groups is 9. The Bertz CT molecular complexity index is 4350. The quantitative estimate of drug-likeness (QED) is 0.0302. The van der Waals surface area contributed by atoms with Crippen LogP contribution in [-0.2, 0) is 59.5 Å². The molecule has 5 atom stereocenters. The highest BCUT2D eigenvalue weighted by Gasteiger charge is 2.58. The summed E-state index contributed by atoms with van der Waals surface area (Å²) in [6.07, 6.45) is 6.83. The molecule has 1 aromatic heterocycles. The minimum atomic E-state index is -1.45. The van der Waals surface area contributed by atoms with Gasteiger partial charge in [-0.05, 0) is 155 Å². The fraction of sp³-hybridized carbons (Fsp3) is 0.481. The molecule has 5 aromatic carbocycles. The van der Waals surface area contributed by atoms with Gasteiger partial charge in [0, 0.05) is 67.2 Å². The second-order valence-corrected chi connectivity index (χ2v) is 29.8. The molecule has 26 heteroatoms. The molecule has 105 heavy (non-hydrogen) atoms. The molecule has 4 fully saturated rings. The zero-order valence-electron chi connectivity index (χ0n) is 60.6. The van der Waals surface area contributed by atoms with E-state index in [2.05, 4.69) is 36.5 Å². The first-order valence-electron chi connectivity index (χ1n) is 36.7. The number of nitrogens with zero attached hydrogens (tertiary/aromatic N) is 7. The lowest BCUT2D eigenvalue weighted by Gasteiger charge is -2.31. The third-order valence-electron chi connectivity index (χ3n) is 21.7. The summed E-state index contributed by atoms with van der Waals surface area (Å²) in [6.45, 7) is 10.0. The Morgan fingerprint density at radius 1 is 0.638 bits per heavy atom. The van der Waals surface area contributed by atoms with Crippen LogP contribution in [0.5, 0.6) is 23.0 Å². The first-order chi connectivity index (χ1) is 50.5. The third-order valence-corrected chi connectivity index (χ3v) is 21.7. The predicted molar refractivity (Wildman–Crippen MR) is 387 cm³/mol. The molecule has 6 heterocycles. The Hall–Kier alpha value is -10.4. The monoisotopic (exact) mass is 1440 g/mol. The number of nitrogens with one attached hydrogen (secondary N) is 4. The van der Waals surface area contributed by atoms with E-state index in [0.29, 0.717) is 77.4 Å². The maximum absolute atomic E-state index is 14.5. The van der Waals surface area contributed by atoms with Crippen molar-refractivity contribution < 1.29 is 71.9 Å². The van der Waals surface area contributed by atoms with Gasteiger partial charge in [-0.15, -0.1) is 5.10 Å². The van der Waals surface area contributed by atoms with Crippen LogP contribution < -0.4 is 50.0 Å². The summed E-state index contributed by atoms with van der Waals surface area (Å²) < 4.78 is 31.9. The van der Waals surface area contributed by atoms with Crippen LogP contribution in [-0.4, -0.2) is 167 Å². The standard InChI is InChI=1S/C79H93N11O15/c1-46(2)70(83-68(94)41-81-67(93)40-80-66(92)25-26-69(95)86-42-52-15-9-10-16-54(52)72-71(84-85-90(72)47(3)4)55-17-11-12-18-58(55)86)73(96)82-48(5)61(91)33-49-19-21-50(22-20-49)43-105-77(100)89-59-37-65(63(102-7)36-57(59)75(98)88-45-79(29-30-79)39-60(88)76(89)99)104-32-14-8-13-31-103-64-34-51-23-24-53-38-78(27-28-78)44-87(53)74(97)56(51)35-62(64)101-6/h9-12,15-22,34-37,46-48,53,60,70,76,99H,8,13-14,23-33,38-45H2,1-7H3,(H,80,92)(H,81,93)(H,82,96)(H,83,94)/t48-,53+,60-,70-,76?/m0/s1. The first kappa shape index (κ1) is 73.0. The fourth-order valence-electron chi connectivity index (χ4n) is 15.4. The molecule has 554 valence electrons. The zero-order chi connectivity index (χ0) is 74.0. The topological polar surface area (TPSA) is 312 Å². The van der Waals surface area contributed by atoms with Crippen molar-refractivity contribution in [3.05, 3.63) is 130 Å². The van der Waals surface area contributed by atoms with Gasteiger partial charge in [0.1, 0.15) is 18.3 Å². The number of aryl methyl sites for hydroxylation is 1. The zero-order valence-corrected chi connectivity index (χ0v) is 60.6. The van der Waals surface area contributed by atoms with E-state index in [0.717, 1.165) is 77.9 Å². The largest absolute Gasteiger partial charge is 0.493 e. The summed E-state index contributed by atoms with van der Waals surface area (Å²) in [5.74, 6) is -2.17. The summed E-state index contributed by atoms with van der Waals surface area (Å²) in [4.78, 5) is 129. The Morgan fingerprint density at radius 2 is 1.27 bits per heavy atom. The molecule has 2 saturated heterocycles. The lowest BCUT2D eigenvalue weighted by molar-refractivity contribution is -0.132. The number of benzene rings is 5. The Morgan fingerprint density at radius 3 is 1.96 bits per heavy atom. The Balaban J connectivity index is 0.555. The number of rotatable bonds is 27. The molecule has 8 amide bonds. The third kappa shape index (κ3) is 15.7. The Kier molecular flexibility index (Phi) is 21.4. The highest BCUT2D eigenvalue weighted by molar-refractivity contribution is 6.06. The van der Waals surface area contributed by atoms with Crippen molar-refractivity contribution in [3.63, 3.8) is 0 Å². The second kappa shape index (κ2) is 30.8. The summed E-state index contributed by atoms with van der Waals surface area (Å²) in [7, 11) is 3.06. The fourth-order valence-corrected chi connectivity index (χ4v) is 15.4. The van der Waals surface area contributed by atoms with Crippen LogP contribution in [0.15, 0.2) is 97.1 Å². The number of aromatic nitrogens is 3. The van der Waals surface area contributed by atoms with Gasteiger partial charge in [-0.2, -0.15) is 0 Å². The van der Waals surface area contributed by atoms with E-state index in [9.17, 15) is 48.3 Å². The number of unbranched alkanes of at least 4 members (excludes halogenated alkanes) is 2. The minimum Gasteiger partial charge on any atom is -0.493 e. The SMILES string of the molecule is COc1cc2c(cc1OCCCCCOc1cc3c(cc1OC)C(=O)N1CC4(CC4)C[C@H]1C(O)N3C(=O)OCc1ccc(CC(=O)[C@H](C)NC(=O)[C@@H](NC(=O)CNC(=O)CNC(=O)CCC(=O)N3Cc4ccccc4-c4c(nnn4C(C)C)-c4ccccc43)C(C)C)cc1)CC[C@@H]1CC3(CC3)CN1C2=O. The maximum atomic E-state index is 14.5. The molecule has 5 N–H and O–H groups in total. The van der Waals surface area contributed by atoms with E-state index in [-0.39, 0.29) is 103 Å². The van der Waals surface area contributed by atoms with Crippen molar-refractivity contribution in [1.82, 2.24) is 46.1 Å². The molecule has 26 nitrogen and oxygen atoms in total. The van der Waals surface area contributed by atoms with Crippen molar-refractivity contribution >= 4 is 64.6 Å². The summed E-state index contributed by atoms with van der Waals surface area (Å²) in [5.41, 5.74) is 7.95. The average molecular weight is 1440 g/mol. The van der Waals surface area contributed by atoms with Crippen LogP contribution in [0, 0.1) is 16.7 Å². The van der Waals surface area contributed by atoms with Crippen LogP contribution in [0.2, 0.25) is 0 Å². The molecule has 2 saturated carbocycles. The lowest BCUT2D eigenvalue weighted by Crippen LogP contribution is -2.54. The molecule has 5 aliphatic heterocycles. The van der Waals surface area contributed by atoms with Crippen LogP contribution >= 0.6 is 0 Å².